The molecule has 2 heterocycles. The number of fused-ring (bicyclic) bond motifs is 1. The third kappa shape index (κ3) is 2.93. The maximum Gasteiger partial charge on any atom is 0.243 e. The number of benzene rings is 1. The van der Waals surface area contributed by atoms with E-state index in [1.165, 1.54) is 0 Å². The Kier molecular flexibility index (Phi) is 4.89. The summed E-state index contributed by atoms with van der Waals surface area (Å²) in [5.74, 6) is 2.17. The van der Waals surface area contributed by atoms with E-state index in [-0.39, 0.29) is 0 Å². The lowest BCUT2D eigenvalue weighted by Gasteiger charge is -2.13. The number of aromatic nitrogens is 3. The van der Waals surface area contributed by atoms with Crippen molar-refractivity contribution in [2.24, 2.45) is 0 Å². The molecule has 0 fully saturated rings. The highest BCUT2D eigenvalue weighted by Gasteiger charge is 2.21. The van der Waals surface area contributed by atoms with Crippen molar-refractivity contribution in [1.82, 2.24) is 14.6 Å². The molecule has 0 atom stereocenters. The van der Waals surface area contributed by atoms with Gasteiger partial charge in [-0.3, -0.25) is 0 Å². The van der Waals surface area contributed by atoms with Crippen molar-refractivity contribution in [2.45, 2.75) is 5.03 Å². The fourth-order valence-corrected chi connectivity index (χ4v) is 2.96. The predicted molar refractivity (Wildman–Crippen MR) is 96.4 cm³/mol. The lowest BCUT2D eigenvalue weighted by Crippen LogP contribution is -1.98. The molecule has 132 valence electrons. The highest BCUT2D eigenvalue weighted by Crippen LogP contribution is 2.42. The van der Waals surface area contributed by atoms with Crippen LogP contribution in [0.25, 0.3) is 16.9 Å². The minimum Gasteiger partial charge on any atom is -0.493 e. The average molecular weight is 361 g/mol. The van der Waals surface area contributed by atoms with Crippen molar-refractivity contribution in [2.75, 3.05) is 34.7 Å². The van der Waals surface area contributed by atoms with Crippen LogP contribution in [-0.2, 0) is 0 Å². The first-order chi connectivity index (χ1) is 12.2. The van der Waals surface area contributed by atoms with Crippen LogP contribution in [0, 0.1) is 0 Å². The molecule has 0 aliphatic heterocycles. The lowest BCUT2D eigenvalue weighted by atomic mass is 10.1. The van der Waals surface area contributed by atoms with E-state index in [0.717, 1.165) is 10.6 Å². The molecule has 3 aromatic rings. The van der Waals surface area contributed by atoms with Gasteiger partial charge in [-0.15, -0.1) is 11.8 Å². The third-order valence-electron chi connectivity index (χ3n) is 3.75. The molecule has 0 unspecified atom stereocenters. The van der Waals surface area contributed by atoms with E-state index in [2.05, 4.69) is 10.1 Å². The molecular weight excluding hydrogens is 342 g/mol. The second kappa shape index (κ2) is 7.10. The molecule has 0 saturated heterocycles. The molecule has 0 spiro atoms. The smallest absolute Gasteiger partial charge is 0.243 e. The Bertz CT molecular complexity index is 885. The highest BCUT2D eigenvalue weighted by molar-refractivity contribution is 7.98. The van der Waals surface area contributed by atoms with Gasteiger partial charge in [-0.25, -0.2) is 4.98 Å². The van der Waals surface area contributed by atoms with Crippen molar-refractivity contribution >= 4 is 17.4 Å². The van der Waals surface area contributed by atoms with Crippen molar-refractivity contribution in [3.63, 3.8) is 0 Å². The molecule has 0 aliphatic rings. The van der Waals surface area contributed by atoms with Crippen molar-refractivity contribution in [1.29, 1.82) is 0 Å². The maximum absolute atomic E-state index is 5.57. The number of ether oxygens (including phenoxy) is 4. The van der Waals surface area contributed by atoms with Gasteiger partial charge in [-0.1, -0.05) is 0 Å². The van der Waals surface area contributed by atoms with E-state index in [4.69, 9.17) is 18.9 Å². The van der Waals surface area contributed by atoms with E-state index in [1.54, 1.807) is 44.7 Å². The Morgan fingerprint density at radius 1 is 0.920 bits per heavy atom. The summed E-state index contributed by atoms with van der Waals surface area (Å²) in [4.78, 5) is 4.65. The van der Waals surface area contributed by atoms with Crippen molar-refractivity contribution in [3.05, 3.63) is 24.3 Å². The average Bonchev–Trinajstić information content (AvgIpc) is 3.04. The van der Waals surface area contributed by atoms with Gasteiger partial charge in [0.1, 0.15) is 10.7 Å². The Morgan fingerprint density at radius 2 is 1.60 bits per heavy atom. The van der Waals surface area contributed by atoms with Gasteiger partial charge >= 0.3 is 0 Å². The summed E-state index contributed by atoms with van der Waals surface area (Å²) in [6.45, 7) is 0. The number of hydrogen-bond donors (Lipinski definition) is 0. The van der Waals surface area contributed by atoms with Gasteiger partial charge in [0, 0.05) is 5.56 Å². The maximum atomic E-state index is 5.57. The van der Waals surface area contributed by atoms with E-state index in [0.29, 0.717) is 34.5 Å². The molecule has 0 bridgehead atoms. The minimum absolute atomic E-state index is 0.527. The molecule has 1 aromatic carbocycles. The first-order valence-electron chi connectivity index (χ1n) is 7.45. The van der Waals surface area contributed by atoms with Gasteiger partial charge in [-0.2, -0.15) is 9.61 Å². The summed E-state index contributed by atoms with van der Waals surface area (Å²) in [6.07, 6.45) is 1.97. The van der Waals surface area contributed by atoms with Crippen LogP contribution >= 0.6 is 11.8 Å². The topological polar surface area (TPSA) is 67.1 Å². The largest absolute Gasteiger partial charge is 0.493 e. The van der Waals surface area contributed by atoms with Crippen LogP contribution in [0.3, 0.4) is 0 Å². The van der Waals surface area contributed by atoms with E-state index in [9.17, 15) is 0 Å². The molecule has 0 aliphatic carbocycles. The standard InChI is InChI=1S/C17H19N3O4S/c1-21-11-8-10(9-12(22-2)16(11)23-3)15-17(24-4)20-13(18-15)6-7-14(19-20)25-5/h6-9H,1-5H3. The summed E-state index contributed by atoms with van der Waals surface area (Å²) < 4.78 is 23.5. The first-order valence-corrected chi connectivity index (χ1v) is 8.67. The predicted octanol–water partition coefficient (Wildman–Crippen LogP) is 3.15. The van der Waals surface area contributed by atoms with Crippen LogP contribution in [0.1, 0.15) is 0 Å². The van der Waals surface area contributed by atoms with Crippen LogP contribution in [0.5, 0.6) is 23.1 Å². The summed E-state index contributed by atoms with van der Waals surface area (Å²) >= 11 is 1.55. The van der Waals surface area contributed by atoms with Gasteiger partial charge in [0.15, 0.2) is 17.1 Å². The molecule has 3 rings (SSSR count). The van der Waals surface area contributed by atoms with Gasteiger partial charge in [0.25, 0.3) is 0 Å². The van der Waals surface area contributed by atoms with Crippen LogP contribution in [0.4, 0.5) is 0 Å². The molecule has 0 radical (unpaired) electrons. The first kappa shape index (κ1) is 17.2. The van der Waals surface area contributed by atoms with E-state index >= 15 is 0 Å². The SMILES string of the molecule is COc1cc(-c2nc3ccc(SC)nn3c2OC)cc(OC)c1OC. The zero-order valence-electron chi connectivity index (χ0n) is 14.7. The summed E-state index contributed by atoms with van der Waals surface area (Å²) in [7, 11) is 6.32. The summed E-state index contributed by atoms with van der Waals surface area (Å²) in [5, 5.41) is 5.41. The molecule has 2 aromatic heterocycles. The van der Waals surface area contributed by atoms with Crippen LogP contribution < -0.4 is 18.9 Å². The zero-order chi connectivity index (χ0) is 18.0. The molecular formula is C17H19N3O4S. The van der Waals surface area contributed by atoms with Gasteiger partial charge in [-0.05, 0) is 30.5 Å². The molecule has 7 nitrogen and oxygen atoms in total. The lowest BCUT2D eigenvalue weighted by molar-refractivity contribution is 0.324. The number of nitrogens with zero attached hydrogens (tertiary/aromatic N) is 3. The number of imidazole rings is 1. The Labute approximate surface area is 149 Å². The second-order valence-electron chi connectivity index (χ2n) is 5.03. The number of rotatable bonds is 6. The van der Waals surface area contributed by atoms with E-state index in [1.807, 2.05) is 30.5 Å². The van der Waals surface area contributed by atoms with Crippen molar-refractivity contribution in [3.8, 4) is 34.4 Å². The number of methoxy groups -OCH3 is 4. The number of hydrogen-bond acceptors (Lipinski definition) is 7. The van der Waals surface area contributed by atoms with Crippen molar-refractivity contribution < 1.29 is 18.9 Å². The fourth-order valence-electron chi connectivity index (χ4n) is 2.59. The normalized spacial score (nSPS) is 10.8. The summed E-state index contributed by atoms with van der Waals surface area (Å²) in [6, 6.07) is 7.50. The van der Waals surface area contributed by atoms with Gasteiger partial charge < -0.3 is 18.9 Å². The molecule has 0 N–H and O–H groups in total. The minimum atomic E-state index is 0.527. The van der Waals surface area contributed by atoms with E-state index < -0.39 is 0 Å². The number of thioether (sulfide) groups is 1. The monoisotopic (exact) mass is 361 g/mol. The molecule has 0 amide bonds. The van der Waals surface area contributed by atoms with Crippen LogP contribution in [0.15, 0.2) is 29.3 Å². The quantitative estimate of drug-likeness (QED) is 0.625. The Balaban J connectivity index is 2.25. The molecule has 0 saturated carbocycles. The van der Waals surface area contributed by atoms with Gasteiger partial charge in [0.2, 0.25) is 11.6 Å². The molecule has 25 heavy (non-hydrogen) atoms. The fraction of sp³-hybridized carbons (Fsp3) is 0.294. The van der Waals surface area contributed by atoms with Crippen LogP contribution in [0.2, 0.25) is 0 Å². The molecule has 8 heteroatoms. The Hall–Kier alpha value is -2.61. The van der Waals surface area contributed by atoms with Gasteiger partial charge in [0.05, 0.1) is 28.4 Å². The summed E-state index contributed by atoms with van der Waals surface area (Å²) in [5.41, 5.74) is 2.12. The Morgan fingerprint density at radius 3 is 2.12 bits per heavy atom. The third-order valence-corrected chi connectivity index (χ3v) is 4.39. The highest BCUT2D eigenvalue weighted by atomic mass is 32.2. The zero-order valence-corrected chi connectivity index (χ0v) is 15.5. The van der Waals surface area contributed by atoms with Crippen LogP contribution in [-0.4, -0.2) is 49.3 Å². The second-order valence-corrected chi connectivity index (χ2v) is 5.86.